The van der Waals surface area contributed by atoms with Gasteiger partial charge in [0.2, 0.25) is 0 Å². The van der Waals surface area contributed by atoms with Gasteiger partial charge < -0.3 is 15.0 Å². The predicted octanol–water partition coefficient (Wildman–Crippen LogP) is 2.74. The molecule has 0 saturated carbocycles. The minimum atomic E-state index is -0.108. The van der Waals surface area contributed by atoms with Crippen LogP contribution in [0.3, 0.4) is 0 Å². The lowest BCUT2D eigenvalue weighted by Gasteiger charge is -2.14. The number of H-pyrrole nitrogens is 1. The zero-order valence-electron chi connectivity index (χ0n) is 11.5. The molecule has 0 radical (unpaired) electrons. The molecule has 0 aliphatic heterocycles. The topological polar surface area (TPSA) is 56.3 Å². The standard InChI is InChI=1S/C15H15ClN2O2S/c1-18(15(20)14-7-12(16)8-17-14)9-13-6-11(10-21-13)4-2-3-5-19/h6-8,10,17,19H,3,5,9H2,1H3. The minimum absolute atomic E-state index is 0.0694. The van der Waals surface area contributed by atoms with Gasteiger partial charge >= 0.3 is 0 Å². The van der Waals surface area contributed by atoms with E-state index >= 15 is 0 Å². The van der Waals surface area contributed by atoms with Crippen LogP contribution in [-0.4, -0.2) is 34.6 Å². The lowest BCUT2D eigenvalue weighted by atomic mass is 10.3. The molecule has 2 aromatic heterocycles. The molecule has 0 aliphatic carbocycles. The third kappa shape index (κ3) is 4.36. The second-order valence-corrected chi connectivity index (χ2v) is 5.90. The maximum absolute atomic E-state index is 12.2. The van der Waals surface area contributed by atoms with Crippen LogP contribution in [0.2, 0.25) is 5.02 Å². The van der Waals surface area contributed by atoms with Crippen LogP contribution < -0.4 is 0 Å². The van der Waals surface area contributed by atoms with Crippen LogP contribution in [0.4, 0.5) is 0 Å². The molecule has 0 atom stereocenters. The summed E-state index contributed by atoms with van der Waals surface area (Å²) in [6.45, 7) is 0.585. The summed E-state index contributed by atoms with van der Waals surface area (Å²) in [4.78, 5) is 17.7. The van der Waals surface area contributed by atoms with Crippen LogP contribution in [0.5, 0.6) is 0 Å². The average Bonchev–Trinajstić information content (AvgIpc) is 3.07. The molecule has 2 rings (SSSR count). The molecular weight excluding hydrogens is 308 g/mol. The molecule has 6 heteroatoms. The lowest BCUT2D eigenvalue weighted by molar-refractivity contribution is 0.0781. The molecule has 2 heterocycles. The van der Waals surface area contributed by atoms with Crippen molar-refractivity contribution in [3.63, 3.8) is 0 Å². The van der Waals surface area contributed by atoms with E-state index in [1.165, 1.54) is 0 Å². The van der Waals surface area contributed by atoms with Gasteiger partial charge in [-0.3, -0.25) is 4.79 Å². The van der Waals surface area contributed by atoms with Gasteiger partial charge in [0.15, 0.2) is 0 Å². The fraction of sp³-hybridized carbons (Fsp3) is 0.267. The van der Waals surface area contributed by atoms with E-state index in [9.17, 15) is 4.79 Å². The third-order valence-corrected chi connectivity index (χ3v) is 3.88. The number of hydrogen-bond acceptors (Lipinski definition) is 3. The first kappa shape index (κ1) is 15.6. The number of carbonyl (C=O) groups excluding carboxylic acids is 1. The van der Waals surface area contributed by atoms with E-state index in [0.717, 1.165) is 10.4 Å². The van der Waals surface area contributed by atoms with Gasteiger partial charge in [-0.1, -0.05) is 23.4 Å². The molecule has 110 valence electrons. The number of amides is 1. The van der Waals surface area contributed by atoms with Gasteiger partial charge in [0.25, 0.3) is 5.91 Å². The first-order valence-corrected chi connectivity index (χ1v) is 7.62. The van der Waals surface area contributed by atoms with Gasteiger partial charge in [0.1, 0.15) is 5.69 Å². The first-order chi connectivity index (χ1) is 10.1. The molecule has 0 spiro atoms. The van der Waals surface area contributed by atoms with Crippen molar-refractivity contribution in [2.45, 2.75) is 13.0 Å². The van der Waals surface area contributed by atoms with Crippen molar-refractivity contribution in [3.05, 3.63) is 44.9 Å². The van der Waals surface area contributed by atoms with Gasteiger partial charge in [0, 0.05) is 35.5 Å². The number of aromatic nitrogens is 1. The minimum Gasteiger partial charge on any atom is -0.395 e. The summed E-state index contributed by atoms with van der Waals surface area (Å²) >= 11 is 7.36. The summed E-state index contributed by atoms with van der Waals surface area (Å²) in [5.74, 6) is 5.74. The monoisotopic (exact) mass is 322 g/mol. The van der Waals surface area contributed by atoms with Gasteiger partial charge in [0.05, 0.1) is 18.2 Å². The normalized spacial score (nSPS) is 10.0. The van der Waals surface area contributed by atoms with Crippen LogP contribution in [0.1, 0.15) is 27.3 Å². The largest absolute Gasteiger partial charge is 0.395 e. The molecule has 0 unspecified atom stereocenters. The van der Waals surface area contributed by atoms with E-state index in [-0.39, 0.29) is 12.5 Å². The third-order valence-electron chi connectivity index (χ3n) is 2.74. The highest BCUT2D eigenvalue weighted by atomic mass is 35.5. The van der Waals surface area contributed by atoms with Gasteiger partial charge in [-0.25, -0.2) is 0 Å². The quantitative estimate of drug-likeness (QED) is 0.850. The van der Waals surface area contributed by atoms with Crippen LogP contribution in [0, 0.1) is 11.8 Å². The molecule has 0 bridgehead atoms. The summed E-state index contributed by atoms with van der Waals surface area (Å²) in [7, 11) is 1.74. The Morgan fingerprint density at radius 1 is 1.52 bits per heavy atom. The number of thiophene rings is 1. The number of aromatic amines is 1. The second-order valence-electron chi connectivity index (χ2n) is 4.47. The van der Waals surface area contributed by atoms with E-state index in [2.05, 4.69) is 16.8 Å². The van der Waals surface area contributed by atoms with E-state index in [1.807, 2.05) is 11.4 Å². The number of hydrogen-bond donors (Lipinski definition) is 2. The summed E-state index contributed by atoms with van der Waals surface area (Å²) in [6.07, 6.45) is 2.06. The molecule has 0 saturated heterocycles. The Morgan fingerprint density at radius 2 is 2.33 bits per heavy atom. The Bertz CT molecular complexity index is 681. The van der Waals surface area contributed by atoms with Crippen molar-refractivity contribution in [2.24, 2.45) is 0 Å². The van der Waals surface area contributed by atoms with Crippen LogP contribution in [-0.2, 0) is 6.54 Å². The average molecular weight is 323 g/mol. The van der Waals surface area contributed by atoms with Crippen molar-refractivity contribution in [2.75, 3.05) is 13.7 Å². The van der Waals surface area contributed by atoms with E-state index < -0.39 is 0 Å². The molecule has 0 aromatic carbocycles. The Morgan fingerprint density at radius 3 is 3.00 bits per heavy atom. The van der Waals surface area contributed by atoms with Crippen molar-refractivity contribution < 1.29 is 9.90 Å². The number of carbonyl (C=O) groups is 1. The molecule has 1 amide bonds. The Balaban J connectivity index is 1.98. The lowest BCUT2D eigenvalue weighted by Crippen LogP contribution is -2.26. The predicted molar refractivity (Wildman–Crippen MR) is 84.5 cm³/mol. The number of aliphatic hydroxyl groups is 1. The SMILES string of the molecule is CN(Cc1cc(C#CCCO)cs1)C(=O)c1cc(Cl)c[nH]1. The number of aliphatic hydroxyl groups excluding tert-OH is 1. The molecule has 4 nitrogen and oxygen atoms in total. The molecular formula is C15H15ClN2O2S. The Hall–Kier alpha value is -1.74. The number of halogens is 1. The molecule has 0 aliphatic rings. The van der Waals surface area contributed by atoms with Crippen molar-refractivity contribution in [3.8, 4) is 11.8 Å². The highest BCUT2D eigenvalue weighted by Gasteiger charge is 2.14. The van der Waals surface area contributed by atoms with Gasteiger partial charge in [-0.05, 0) is 12.1 Å². The van der Waals surface area contributed by atoms with Crippen molar-refractivity contribution in [1.29, 1.82) is 0 Å². The van der Waals surface area contributed by atoms with Gasteiger partial charge in [-0.2, -0.15) is 0 Å². The zero-order chi connectivity index (χ0) is 15.2. The molecule has 21 heavy (non-hydrogen) atoms. The van der Waals surface area contributed by atoms with Crippen LogP contribution in [0.25, 0.3) is 0 Å². The maximum Gasteiger partial charge on any atom is 0.270 e. The zero-order valence-corrected chi connectivity index (χ0v) is 13.1. The Labute approximate surface area is 132 Å². The first-order valence-electron chi connectivity index (χ1n) is 6.36. The smallest absolute Gasteiger partial charge is 0.270 e. The summed E-state index contributed by atoms with van der Waals surface area (Å²) < 4.78 is 0. The molecule has 2 N–H and O–H groups in total. The van der Waals surface area contributed by atoms with Crippen LogP contribution >= 0.6 is 22.9 Å². The van der Waals surface area contributed by atoms with E-state index in [4.69, 9.17) is 16.7 Å². The highest BCUT2D eigenvalue weighted by Crippen LogP contribution is 2.17. The molecule has 2 aromatic rings. The number of rotatable bonds is 4. The van der Waals surface area contributed by atoms with E-state index in [1.54, 1.807) is 35.5 Å². The number of nitrogens with one attached hydrogen (secondary N) is 1. The summed E-state index contributed by atoms with van der Waals surface area (Å²) in [5, 5.41) is 11.1. The fourth-order valence-electron chi connectivity index (χ4n) is 1.75. The van der Waals surface area contributed by atoms with Crippen LogP contribution in [0.15, 0.2) is 23.7 Å². The maximum atomic E-state index is 12.2. The molecule has 0 fully saturated rings. The number of nitrogens with zero attached hydrogens (tertiary/aromatic N) is 1. The summed E-state index contributed by atoms with van der Waals surface area (Å²) in [6, 6.07) is 3.57. The summed E-state index contributed by atoms with van der Waals surface area (Å²) in [5.41, 5.74) is 1.38. The van der Waals surface area contributed by atoms with Crippen molar-refractivity contribution in [1.82, 2.24) is 9.88 Å². The highest BCUT2D eigenvalue weighted by molar-refractivity contribution is 7.10. The Kier molecular flexibility index (Phi) is 5.45. The van der Waals surface area contributed by atoms with Crippen molar-refractivity contribution >= 4 is 28.8 Å². The van der Waals surface area contributed by atoms with E-state index in [0.29, 0.717) is 23.7 Å². The fourth-order valence-corrected chi connectivity index (χ4v) is 2.78. The second kappa shape index (κ2) is 7.32. The van der Waals surface area contributed by atoms with Gasteiger partial charge in [-0.15, -0.1) is 11.3 Å².